The molecule has 0 spiro atoms. The highest BCUT2D eigenvalue weighted by atomic mass is 35.5. The zero-order valence-electron chi connectivity index (χ0n) is 17.1. The van der Waals surface area contributed by atoms with Gasteiger partial charge in [0.15, 0.2) is 0 Å². The first-order valence-electron chi connectivity index (χ1n) is 9.87. The summed E-state index contributed by atoms with van der Waals surface area (Å²) in [7, 11) is 1.58. The zero-order valence-corrected chi connectivity index (χ0v) is 18.6. The number of carboxylic acids is 1. The van der Waals surface area contributed by atoms with Gasteiger partial charge in [-0.15, -0.1) is 0 Å². The molecular weight excluding hydrogens is 453 g/mol. The van der Waals surface area contributed by atoms with Crippen LogP contribution in [0.4, 0.5) is 0 Å². The molecule has 0 unspecified atom stereocenters. The predicted octanol–water partition coefficient (Wildman–Crippen LogP) is 5.09. The van der Waals surface area contributed by atoms with Crippen molar-refractivity contribution in [3.8, 4) is 5.75 Å². The molecular formula is C23H19Cl2N3O4. The normalized spacial score (nSPS) is 15.7. The molecule has 2 aromatic carbocycles. The van der Waals surface area contributed by atoms with Crippen LogP contribution in [-0.4, -0.2) is 39.8 Å². The number of aromatic nitrogens is 1. The number of pyridine rings is 1. The standard InChI is InChI=1S/C23H19Cl2N3O4/c1-32-16-5-6-18-14(10-16)11-17(23(25)26-18)20-12-19(13-3-2-4-15(24)9-13)27-28(20)21(29)7-8-22(30)31/h2-6,9-11,20H,7-8,12H2,1H3,(H,30,31)/t20-/m0/s1. The maximum Gasteiger partial charge on any atom is 0.303 e. The lowest BCUT2D eigenvalue weighted by atomic mass is 9.98. The molecule has 7 nitrogen and oxygen atoms in total. The highest BCUT2D eigenvalue weighted by Crippen LogP contribution is 2.38. The van der Waals surface area contributed by atoms with Crippen LogP contribution in [0.3, 0.4) is 0 Å². The Morgan fingerprint density at radius 3 is 2.69 bits per heavy atom. The fourth-order valence-electron chi connectivity index (χ4n) is 3.66. The molecule has 1 aromatic heterocycles. The lowest BCUT2D eigenvalue weighted by molar-refractivity contribution is -0.141. The Morgan fingerprint density at radius 2 is 1.97 bits per heavy atom. The van der Waals surface area contributed by atoms with Gasteiger partial charge in [-0.25, -0.2) is 9.99 Å². The number of carboxylic acid groups (broad SMARTS) is 1. The van der Waals surface area contributed by atoms with E-state index in [1.165, 1.54) is 5.01 Å². The first-order valence-corrected chi connectivity index (χ1v) is 10.6. The van der Waals surface area contributed by atoms with Crippen LogP contribution in [0.5, 0.6) is 5.75 Å². The van der Waals surface area contributed by atoms with Crippen LogP contribution >= 0.6 is 23.2 Å². The summed E-state index contributed by atoms with van der Waals surface area (Å²) in [5.74, 6) is -0.786. The smallest absolute Gasteiger partial charge is 0.303 e. The second-order valence-electron chi connectivity index (χ2n) is 7.34. The Labute approximate surface area is 194 Å². The molecule has 1 atom stereocenters. The number of carbonyl (C=O) groups excluding carboxylic acids is 1. The molecule has 2 heterocycles. The summed E-state index contributed by atoms with van der Waals surface area (Å²) >= 11 is 12.7. The molecule has 1 aliphatic rings. The van der Waals surface area contributed by atoms with Gasteiger partial charge in [-0.2, -0.15) is 5.10 Å². The van der Waals surface area contributed by atoms with Gasteiger partial charge in [-0.05, 0) is 42.0 Å². The number of benzene rings is 2. The van der Waals surface area contributed by atoms with E-state index in [0.717, 1.165) is 10.9 Å². The minimum atomic E-state index is -1.05. The Kier molecular flexibility index (Phi) is 6.30. The Morgan fingerprint density at radius 1 is 1.16 bits per heavy atom. The van der Waals surface area contributed by atoms with E-state index in [0.29, 0.717) is 34.0 Å². The third kappa shape index (κ3) is 4.54. The van der Waals surface area contributed by atoms with Gasteiger partial charge in [-0.3, -0.25) is 9.59 Å². The number of fused-ring (bicyclic) bond motifs is 1. The molecule has 0 aliphatic carbocycles. The molecule has 4 rings (SSSR count). The van der Waals surface area contributed by atoms with E-state index in [2.05, 4.69) is 10.1 Å². The average molecular weight is 472 g/mol. The summed E-state index contributed by atoms with van der Waals surface area (Å²) in [4.78, 5) is 28.4. The number of halogens is 2. The summed E-state index contributed by atoms with van der Waals surface area (Å²) in [5.41, 5.74) is 2.75. The summed E-state index contributed by atoms with van der Waals surface area (Å²) in [6.07, 6.45) is -0.0778. The monoisotopic (exact) mass is 471 g/mol. The maximum absolute atomic E-state index is 12.9. The molecule has 0 saturated heterocycles. The lowest BCUT2D eigenvalue weighted by Gasteiger charge is -2.23. The van der Waals surface area contributed by atoms with Crippen molar-refractivity contribution >= 4 is 51.7 Å². The highest BCUT2D eigenvalue weighted by molar-refractivity contribution is 6.31. The topological polar surface area (TPSA) is 92.1 Å². The molecule has 9 heteroatoms. The van der Waals surface area contributed by atoms with Crippen molar-refractivity contribution < 1.29 is 19.4 Å². The molecule has 164 valence electrons. The van der Waals surface area contributed by atoms with Crippen LogP contribution < -0.4 is 4.74 Å². The van der Waals surface area contributed by atoms with Crippen LogP contribution in [0, 0.1) is 0 Å². The number of ether oxygens (including phenoxy) is 1. The first-order chi connectivity index (χ1) is 15.4. The SMILES string of the molecule is COc1ccc2nc(Cl)c([C@@H]3CC(c4cccc(Cl)c4)=NN3C(=O)CCC(=O)O)cc2c1. The van der Waals surface area contributed by atoms with E-state index < -0.39 is 17.9 Å². The van der Waals surface area contributed by atoms with E-state index in [1.807, 2.05) is 24.3 Å². The van der Waals surface area contributed by atoms with Gasteiger partial charge in [0, 0.05) is 28.8 Å². The van der Waals surface area contributed by atoms with Crippen molar-refractivity contribution in [2.45, 2.75) is 25.3 Å². The second kappa shape index (κ2) is 9.14. The number of carbonyl (C=O) groups is 2. The summed E-state index contributed by atoms with van der Waals surface area (Å²) in [5, 5.41) is 16.4. The number of aliphatic carboxylic acids is 1. The molecule has 0 saturated carbocycles. The quantitative estimate of drug-likeness (QED) is 0.505. The Balaban J connectivity index is 1.75. The first kappa shape index (κ1) is 22.0. The molecule has 1 amide bonds. The second-order valence-corrected chi connectivity index (χ2v) is 8.13. The fourth-order valence-corrected chi connectivity index (χ4v) is 4.12. The molecule has 0 fully saturated rings. The zero-order chi connectivity index (χ0) is 22.8. The third-order valence-corrected chi connectivity index (χ3v) is 5.78. The van der Waals surface area contributed by atoms with Gasteiger partial charge < -0.3 is 9.84 Å². The number of hydrogen-bond donors (Lipinski definition) is 1. The van der Waals surface area contributed by atoms with Crippen molar-refractivity contribution in [3.63, 3.8) is 0 Å². The highest BCUT2D eigenvalue weighted by Gasteiger charge is 2.35. The van der Waals surface area contributed by atoms with Gasteiger partial charge in [0.05, 0.1) is 30.8 Å². The fraction of sp³-hybridized carbons (Fsp3) is 0.217. The van der Waals surface area contributed by atoms with E-state index in [9.17, 15) is 9.59 Å². The van der Waals surface area contributed by atoms with Gasteiger partial charge in [-0.1, -0.05) is 35.3 Å². The van der Waals surface area contributed by atoms with Crippen molar-refractivity contribution in [3.05, 3.63) is 69.8 Å². The van der Waals surface area contributed by atoms with Gasteiger partial charge in [0.1, 0.15) is 10.9 Å². The van der Waals surface area contributed by atoms with Gasteiger partial charge in [0.25, 0.3) is 0 Å². The van der Waals surface area contributed by atoms with Gasteiger partial charge in [0.2, 0.25) is 5.91 Å². The van der Waals surface area contributed by atoms with Crippen molar-refractivity contribution in [1.82, 2.24) is 9.99 Å². The van der Waals surface area contributed by atoms with Crippen molar-refractivity contribution in [2.75, 3.05) is 7.11 Å². The van der Waals surface area contributed by atoms with E-state index in [4.69, 9.17) is 33.0 Å². The van der Waals surface area contributed by atoms with Crippen LogP contribution in [0.15, 0.2) is 53.6 Å². The molecule has 3 aromatic rings. The number of amides is 1. The lowest BCUT2D eigenvalue weighted by Crippen LogP contribution is -2.27. The number of hydrazone groups is 1. The summed E-state index contributed by atoms with van der Waals surface area (Å²) in [6.45, 7) is 0. The number of nitrogens with zero attached hydrogens (tertiary/aromatic N) is 3. The predicted molar refractivity (Wildman–Crippen MR) is 122 cm³/mol. The molecule has 1 N–H and O–H groups in total. The maximum atomic E-state index is 12.9. The molecule has 0 radical (unpaired) electrons. The van der Waals surface area contributed by atoms with E-state index in [-0.39, 0.29) is 18.0 Å². The molecule has 1 aliphatic heterocycles. The summed E-state index contributed by atoms with van der Waals surface area (Å²) < 4.78 is 5.30. The average Bonchev–Trinajstić information content (AvgIpc) is 3.22. The minimum absolute atomic E-state index is 0.176. The van der Waals surface area contributed by atoms with Crippen molar-refractivity contribution in [2.24, 2.45) is 5.10 Å². The number of rotatable bonds is 6. The van der Waals surface area contributed by atoms with E-state index in [1.54, 1.807) is 31.4 Å². The largest absolute Gasteiger partial charge is 0.497 e. The Bertz CT molecular complexity index is 1250. The van der Waals surface area contributed by atoms with Crippen LogP contribution in [-0.2, 0) is 9.59 Å². The van der Waals surface area contributed by atoms with E-state index >= 15 is 0 Å². The molecule has 0 bridgehead atoms. The number of methoxy groups -OCH3 is 1. The van der Waals surface area contributed by atoms with Crippen molar-refractivity contribution in [1.29, 1.82) is 0 Å². The van der Waals surface area contributed by atoms with Crippen LogP contribution in [0.1, 0.15) is 36.4 Å². The Hall–Kier alpha value is -3.16. The third-order valence-electron chi connectivity index (χ3n) is 5.24. The minimum Gasteiger partial charge on any atom is -0.497 e. The van der Waals surface area contributed by atoms with Crippen LogP contribution in [0.25, 0.3) is 10.9 Å². The number of hydrogen-bond acceptors (Lipinski definition) is 5. The van der Waals surface area contributed by atoms with Gasteiger partial charge >= 0.3 is 5.97 Å². The summed E-state index contributed by atoms with van der Waals surface area (Å²) in [6, 6.07) is 14.0. The molecule has 32 heavy (non-hydrogen) atoms. The van der Waals surface area contributed by atoms with Crippen LogP contribution in [0.2, 0.25) is 10.2 Å².